The number of hydrogen-bond donors (Lipinski definition) is 1. The quantitative estimate of drug-likeness (QED) is 0.688. The zero-order valence-corrected chi connectivity index (χ0v) is 14.4. The summed E-state index contributed by atoms with van der Waals surface area (Å²) in [6.07, 6.45) is 5.35. The molecule has 0 atom stereocenters. The Kier molecular flexibility index (Phi) is 5.04. The lowest BCUT2D eigenvalue weighted by atomic mass is 10.1. The number of benzene rings is 1. The van der Waals surface area contributed by atoms with Crippen molar-refractivity contribution in [2.24, 2.45) is 7.05 Å². The van der Waals surface area contributed by atoms with Crippen molar-refractivity contribution >= 4 is 17.7 Å². The van der Waals surface area contributed by atoms with E-state index in [1.807, 2.05) is 41.2 Å². The monoisotopic (exact) mass is 355 g/mol. The standard InChI is InChI=1S/C18H17N3O3S/c1-20-11-15(16(7-17(20)22)25-12-18(23)24)14-8-19-21(10-14)9-13-5-3-2-4-6-13/h2-8,10-11H,9,12H2,1H3,(H,23,24). The van der Waals surface area contributed by atoms with Crippen LogP contribution < -0.4 is 5.56 Å². The maximum Gasteiger partial charge on any atom is 0.313 e. The average molecular weight is 355 g/mol. The number of pyridine rings is 1. The van der Waals surface area contributed by atoms with Gasteiger partial charge in [-0.15, -0.1) is 11.8 Å². The van der Waals surface area contributed by atoms with Crippen molar-refractivity contribution in [2.75, 3.05) is 5.75 Å². The molecule has 0 amide bonds. The average Bonchev–Trinajstić information content (AvgIpc) is 3.04. The Morgan fingerprint density at radius 3 is 2.72 bits per heavy atom. The molecule has 0 unspecified atom stereocenters. The van der Waals surface area contributed by atoms with Crippen LogP contribution in [-0.4, -0.2) is 31.2 Å². The summed E-state index contributed by atoms with van der Waals surface area (Å²) in [6.45, 7) is 0.643. The van der Waals surface area contributed by atoms with E-state index in [-0.39, 0.29) is 11.3 Å². The molecule has 0 aliphatic heterocycles. The fraction of sp³-hybridized carbons (Fsp3) is 0.167. The zero-order valence-electron chi connectivity index (χ0n) is 13.6. The molecule has 3 aromatic rings. The normalized spacial score (nSPS) is 10.8. The van der Waals surface area contributed by atoms with Crippen LogP contribution in [0, 0.1) is 0 Å². The molecular weight excluding hydrogens is 338 g/mol. The summed E-state index contributed by atoms with van der Waals surface area (Å²) in [4.78, 5) is 23.4. The number of carboxylic acid groups (broad SMARTS) is 1. The number of aliphatic carboxylic acids is 1. The van der Waals surface area contributed by atoms with Crippen LogP contribution in [0.25, 0.3) is 11.1 Å². The van der Waals surface area contributed by atoms with Gasteiger partial charge in [-0.2, -0.15) is 5.10 Å². The number of carbonyl (C=O) groups is 1. The lowest BCUT2D eigenvalue weighted by molar-refractivity contribution is -0.133. The summed E-state index contributed by atoms with van der Waals surface area (Å²) in [5, 5.41) is 13.3. The first-order chi connectivity index (χ1) is 12.0. The lowest BCUT2D eigenvalue weighted by Crippen LogP contribution is -2.15. The molecule has 25 heavy (non-hydrogen) atoms. The number of aromatic nitrogens is 3. The van der Waals surface area contributed by atoms with Gasteiger partial charge in [0.25, 0.3) is 5.56 Å². The molecule has 1 N–H and O–H groups in total. The predicted octanol–water partition coefficient (Wildman–Crippen LogP) is 2.47. The second-order valence-corrected chi connectivity index (χ2v) is 6.61. The Bertz CT molecular complexity index is 948. The Hall–Kier alpha value is -2.80. The fourth-order valence-corrected chi connectivity index (χ4v) is 3.24. The summed E-state index contributed by atoms with van der Waals surface area (Å²) in [5.41, 5.74) is 2.61. The van der Waals surface area contributed by atoms with Crippen LogP contribution in [0.4, 0.5) is 0 Å². The molecule has 0 radical (unpaired) electrons. The molecule has 0 aliphatic carbocycles. The largest absolute Gasteiger partial charge is 0.481 e. The molecule has 2 heterocycles. The minimum absolute atomic E-state index is 0.0989. The number of carboxylic acids is 1. The van der Waals surface area contributed by atoms with Crippen molar-refractivity contribution in [1.29, 1.82) is 0 Å². The highest BCUT2D eigenvalue weighted by atomic mass is 32.2. The van der Waals surface area contributed by atoms with E-state index >= 15 is 0 Å². The summed E-state index contributed by atoms with van der Waals surface area (Å²) in [7, 11) is 1.67. The second kappa shape index (κ2) is 7.40. The lowest BCUT2D eigenvalue weighted by Gasteiger charge is -2.08. The van der Waals surface area contributed by atoms with E-state index in [2.05, 4.69) is 5.10 Å². The Morgan fingerprint density at radius 2 is 2.00 bits per heavy atom. The van der Waals surface area contributed by atoms with Gasteiger partial charge in [-0.3, -0.25) is 14.3 Å². The molecular formula is C18H17N3O3S. The Morgan fingerprint density at radius 1 is 1.24 bits per heavy atom. The molecule has 0 aliphatic rings. The van der Waals surface area contributed by atoms with Crippen LogP contribution in [-0.2, 0) is 18.4 Å². The van der Waals surface area contributed by atoms with Crippen molar-refractivity contribution in [2.45, 2.75) is 11.4 Å². The minimum Gasteiger partial charge on any atom is -0.481 e. The van der Waals surface area contributed by atoms with E-state index in [9.17, 15) is 9.59 Å². The van der Waals surface area contributed by atoms with Crippen LogP contribution in [0.5, 0.6) is 0 Å². The highest BCUT2D eigenvalue weighted by molar-refractivity contribution is 8.00. The zero-order chi connectivity index (χ0) is 17.8. The van der Waals surface area contributed by atoms with Crippen molar-refractivity contribution in [1.82, 2.24) is 14.3 Å². The van der Waals surface area contributed by atoms with Gasteiger partial charge in [0, 0.05) is 41.5 Å². The third-order valence-corrected chi connectivity index (χ3v) is 4.71. The molecule has 6 nitrogen and oxygen atoms in total. The Labute approximate surface area is 148 Å². The van der Waals surface area contributed by atoms with Crippen molar-refractivity contribution in [3.05, 3.63) is 70.9 Å². The summed E-state index contributed by atoms with van der Waals surface area (Å²) in [5.74, 6) is -1.02. The van der Waals surface area contributed by atoms with Gasteiger partial charge in [0.05, 0.1) is 18.5 Å². The third kappa shape index (κ3) is 4.19. The molecule has 128 valence electrons. The van der Waals surface area contributed by atoms with Crippen molar-refractivity contribution in [3.8, 4) is 11.1 Å². The number of nitrogens with zero attached hydrogens (tertiary/aromatic N) is 3. The SMILES string of the molecule is Cn1cc(-c2cnn(Cc3ccccc3)c2)c(SCC(=O)O)cc1=O. The third-order valence-electron chi connectivity index (χ3n) is 3.67. The van der Waals surface area contributed by atoms with Crippen LogP contribution >= 0.6 is 11.8 Å². The Balaban J connectivity index is 1.91. The van der Waals surface area contributed by atoms with Gasteiger partial charge in [0.1, 0.15) is 0 Å². The predicted molar refractivity (Wildman–Crippen MR) is 96.8 cm³/mol. The maximum absolute atomic E-state index is 11.9. The molecule has 0 saturated heterocycles. The molecule has 0 bridgehead atoms. The number of rotatable bonds is 6. The first-order valence-corrected chi connectivity index (χ1v) is 8.63. The number of aryl methyl sites for hydroxylation is 1. The number of thioether (sulfide) groups is 1. The van der Waals surface area contributed by atoms with E-state index in [0.717, 1.165) is 28.5 Å². The first-order valence-electron chi connectivity index (χ1n) is 7.65. The topological polar surface area (TPSA) is 77.1 Å². The van der Waals surface area contributed by atoms with E-state index in [0.29, 0.717) is 11.4 Å². The summed E-state index contributed by atoms with van der Waals surface area (Å²) < 4.78 is 3.30. The van der Waals surface area contributed by atoms with Gasteiger partial charge >= 0.3 is 5.97 Å². The summed E-state index contributed by atoms with van der Waals surface area (Å²) in [6, 6.07) is 11.5. The maximum atomic E-state index is 11.9. The van der Waals surface area contributed by atoms with Gasteiger partial charge in [-0.05, 0) is 5.56 Å². The molecule has 7 heteroatoms. The van der Waals surface area contributed by atoms with Gasteiger partial charge in [0.15, 0.2) is 0 Å². The van der Waals surface area contributed by atoms with E-state index in [1.54, 1.807) is 19.4 Å². The van der Waals surface area contributed by atoms with Crippen LogP contribution in [0.15, 0.2) is 64.7 Å². The van der Waals surface area contributed by atoms with Gasteiger partial charge in [-0.1, -0.05) is 30.3 Å². The van der Waals surface area contributed by atoms with Gasteiger partial charge in [0.2, 0.25) is 0 Å². The second-order valence-electron chi connectivity index (χ2n) is 5.60. The molecule has 0 spiro atoms. The smallest absolute Gasteiger partial charge is 0.313 e. The highest BCUT2D eigenvalue weighted by Crippen LogP contribution is 2.30. The van der Waals surface area contributed by atoms with Crippen molar-refractivity contribution in [3.63, 3.8) is 0 Å². The minimum atomic E-state index is -0.920. The molecule has 2 aromatic heterocycles. The van der Waals surface area contributed by atoms with Crippen LogP contribution in [0.1, 0.15) is 5.56 Å². The van der Waals surface area contributed by atoms with E-state index in [4.69, 9.17) is 5.11 Å². The molecule has 0 saturated carbocycles. The van der Waals surface area contributed by atoms with Gasteiger partial charge < -0.3 is 9.67 Å². The molecule has 3 rings (SSSR count). The van der Waals surface area contributed by atoms with E-state index in [1.165, 1.54) is 10.6 Å². The molecule has 0 fully saturated rings. The fourth-order valence-electron chi connectivity index (χ4n) is 2.45. The highest BCUT2D eigenvalue weighted by Gasteiger charge is 2.12. The first kappa shape index (κ1) is 17.0. The van der Waals surface area contributed by atoms with Crippen LogP contribution in [0.2, 0.25) is 0 Å². The summed E-state index contributed by atoms with van der Waals surface area (Å²) >= 11 is 1.14. The van der Waals surface area contributed by atoms with Crippen LogP contribution in [0.3, 0.4) is 0 Å². The van der Waals surface area contributed by atoms with Crippen molar-refractivity contribution < 1.29 is 9.90 Å². The van der Waals surface area contributed by atoms with Gasteiger partial charge in [-0.25, -0.2) is 0 Å². The number of hydrogen-bond acceptors (Lipinski definition) is 4. The van der Waals surface area contributed by atoms with E-state index < -0.39 is 5.97 Å². The molecule has 1 aromatic carbocycles.